The SMILES string of the molecule is O[C@](Cc1nc(=S)[nH][nH]1)(Cc1ccccc1Cl)C1(Cl)CC1. The van der Waals surface area contributed by atoms with Gasteiger partial charge in [0.15, 0.2) is 0 Å². The van der Waals surface area contributed by atoms with E-state index in [0.29, 0.717) is 28.5 Å². The first kappa shape index (κ1) is 15.0. The van der Waals surface area contributed by atoms with Crippen molar-refractivity contribution in [1.29, 1.82) is 0 Å². The second-order valence-electron chi connectivity index (χ2n) is 5.56. The van der Waals surface area contributed by atoms with Crippen molar-refractivity contribution in [1.82, 2.24) is 15.2 Å². The number of aliphatic hydroxyl groups is 1. The second kappa shape index (κ2) is 5.39. The Morgan fingerprint density at radius 2 is 2.00 bits per heavy atom. The summed E-state index contributed by atoms with van der Waals surface area (Å²) in [5, 5.41) is 17.4. The Balaban J connectivity index is 1.90. The fraction of sp³-hybridized carbons (Fsp3) is 0.429. The predicted molar refractivity (Wildman–Crippen MR) is 85.4 cm³/mol. The molecule has 3 N–H and O–H groups in total. The Hall–Kier alpha value is -0.880. The highest BCUT2D eigenvalue weighted by atomic mass is 35.5. The first-order valence-corrected chi connectivity index (χ1v) is 7.87. The van der Waals surface area contributed by atoms with Crippen LogP contribution in [0.4, 0.5) is 0 Å². The topological polar surface area (TPSA) is 64.7 Å². The van der Waals surface area contributed by atoms with Crippen molar-refractivity contribution in [3.05, 3.63) is 45.4 Å². The minimum atomic E-state index is -1.12. The van der Waals surface area contributed by atoms with Gasteiger partial charge in [0.1, 0.15) is 5.82 Å². The lowest BCUT2D eigenvalue weighted by Gasteiger charge is -2.32. The summed E-state index contributed by atoms with van der Waals surface area (Å²) >= 11 is 17.7. The van der Waals surface area contributed by atoms with E-state index in [1.165, 1.54) is 0 Å². The average molecular weight is 344 g/mol. The summed E-state index contributed by atoms with van der Waals surface area (Å²) in [5.41, 5.74) is -0.241. The maximum Gasteiger partial charge on any atom is 0.213 e. The third-order valence-electron chi connectivity index (χ3n) is 3.97. The highest BCUT2D eigenvalue weighted by Gasteiger charge is 2.58. The van der Waals surface area contributed by atoms with E-state index in [0.717, 1.165) is 18.4 Å². The van der Waals surface area contributed by atoms with Crippen LogP contribution in [0.3, 0.4) is 0 Å². The van der Waals surface area contributed by atoms with Crippen LogP contribution in [0.2, 0.25) is 5.02 Å². The molecule has 1 aromatic heterocycles. The molecule has 1 aliphatic carbocycles. The quantitative estimate of drug-likeness (QED) is 0.575. The minimum Gasteiger partial charge on any atom is -0.387 e. The van der Waals surface area contributed by atoms with Crippen LogP contribution in [0.5, 0.6) is 0 Å². The summed E-state index contributed by atoms with van der Waals surface area (Å²) in [7, 11) is 0. The normalized spacial score (nSPS) is 19.2. The molecule has 1 heterocycles. The fourth-order valence-electron chi connectivity index (χ4n) is 2.58. The maximum atomic E-state index is 11.2. The summed E-state index contributed by atoms with van der Waals surface area (Å²) < 4.78 is 0.365. The molecule has 1 atom stereocenters. The van der Waals surface area contributed by atoms with Gasteiger partial charge >= 0.3 is 0 Å². The highest BCUT2D eigenvalue weighted by molar-refractivity contribution is 7.71. The third kappa shape index (κ3) is 3.01. The van der Waals surface area contributed by atoms with Gasteiger partial charge in [0.2, 0.25) is 4.77 Å². The third-order valence-corrected chi connectivity index (χ3v) is 5.27. The summed E-state index contributed by atoms with van der Waals surface area (Å²) in [5.74, 6) is 0.599. The highest BCUT2D eigenvalue weighted by Crippen LogP contribution is 2.53. The number of hydrogen-bond acceptors (Lipinski definition) is 3. The van der Waals surface area contributed by atoms with Crippen molar-refractivity contribution < 1.29 is 5.11 Å². The van der Waals surface area contributed by atoms with Crippen molar-refractivity contribution in [3.8, 4) is 0 Å². The summed E-state index contributed by atoms with van der Waals surface area (Å²) in [4.78, 5) is 3.53. The summed E-state index contributed by atoms with van der Waals surface area (Å²) in [6, 6.07) is 7.48. The molecule has 1 fully saturated rings. The molecule has 21 heavy (non-hydrogen) atoms. The number of nitrogens with zero attached hydrogens (tertiary/aromatic N) is 1. The number of H-pyrrole nitrogens is 2. The van der Waals surface area contributed by atoms with Gasteiger partial charge in [-0.3, -0.25) is 10.2 Å². The van der Waals surface area contributed by atoms with Crippen LogP contribution in [-0.4, -0.2) is 30.8 Å². The van der Waals surface area contributed by atoms with Crippen LogP contribution >= 0.6 is 35.4 Å². The molecule has 0 saturated heterocycles. The lowest BCUT2D eigenvalue weighted by Crippen LogP contribution is -2.45. The summed E-state index contributed by atoms with van der Waals surface area (Å²) in [6.45, 7) is 0. The molecule has 0 radical (unpaired) electrons. The van der Waals surface area contributed by atoms with Crippen molar-refractivity contribution in [3.63, 3.8) is 0 Å². The number of halogens is 2. The van der Waals surface area contributed by atoms with Crippen molar-refractivity contribution in [2.24, 2.45) is 0 Å². The number of aromatic nitrogens is 3. The van der Waals surface area contributed by atoms with Crippen LogP contribution in [0.15, 0.2) is 24.3 Å². The maximum absolute atomic E-state index is 11.2. The molecular formula is C14H15Cl2N3OS. The molecule has 112 valence electrons. The molecule has 7 heteroatoms. The average Bonchev–Trinajstić information content (AvgIpc) is 3.07. The summed E-state index contributed by atoms with van der Waals surface area (Å²) in [6.07, 6.45) is 2.24. The Morgan fingerprint density at radius 3 is 2.57 bits per heavy atom. The molecule has 1 saturated carbocycles. The standard InChI is InChI=1S/C14H15Cl2N3OS/c15-10-4-2-1-3-9(10)7-14(20,13(16)5-6-13)8-11-17-12(21)19-18-11/h1-4,20H,5-8H2,(H2,17,18,19,21)/t14-/m0/s1. The van der Waals surface area contributed by atoms with Gasteiger partial charge in [0.05, 0.1) is 10.5 Å². The van der Waals surface area contributed by atoms with Crippen LogP contribution in [0, 0.1) is 4.77 Å². The van der Waals surface area contributed by atoms with E-state index >= 15 is 0 Å². The molecule has 0 bridgehead atoms. The van der Waals surface area contributed by atoms with E-state index in [-0.39, 0.29) is 0 Å². The Morgan fingerprint density at radius 1 is 1.29 bits per heavy atom. The monoisotopic (exact) mass is 343 g/mol. The largest absolute Gasteiger partial charge is 0.387 e. The molecule has 0 spiro atoms. The zero-order chi connectivity index (χ0) is 15.1. The molecule has 0 unspecified atom stereocenters. The van der Waals surface area contributed by atoms with Gasteiger partial charge in [0.25, 0.3) is 0 Å². The number of nitrogens with one attached hydrogen (secondary N) is 2. The zero-order valence-corrected chi connectivity index (χ0v) is 13.5. The Labute approximate surface area is 137 Å². The lowest BCUT2D eigenvalue weighted by molar-refractivity contribution is 0.0265. The van der Waals surface area contributed by atoms with Crippen LogP contribution < -0.4 is 0 Å². The molecule has 2 aromatic rings. The van der Waals surface area contributed by atoms with Crippen LogP contribution in [0.25, 0.3) is 0 Å². The van der Waals surface area contributed by atoms with Crippen molar-refractivity contribution in [2.75, 3.05) is 0 Å². The lowest BCUT2D eigenvalue weighted by atomic mass is 9.85. The van der Waals surface area contributed by atoms with E-state index in [4.69, 9.17) is 35.4 Å². The molecular weight excluding hydrogens is 329 g/mol. The molecule has 1 aliphatic rings. The first-order chi connectivity index (χ1) is 9.92. The number of rotatable bonds is 5. The zero-order valence-electron chi connectivity index (χ0n) is 11.2. The minimum absolute atomic E-state index is 0.300. The van der Waals surface area contributed by atoms with E-state index < -0.39 is 10.5 Å². The number of hydrogen-bond donors (Lipinski definition) is 3. The smallest absolute Gasteiger partial charge is 0.213 e. The molecule has 1 aromatic carbocycles. The second-order valence-corrected chi connectivity index (χ2v) is 7.07. The van der Waals surface area contributed by atoms with Crippen molar-refractivity contribution >= 4 is 35.4 Å². The van der Waals surface area contributed by atoms with E-state index in [2.05, 4.69) is 15.2 Å². The van der Waals surface area contributed by atoms with Gasteiger partial charge in [-0.1, -0.05) is 29.8 Å². The van der Waals surface area contributed by atoms with Crippen LogP contribution in [0.1, 0.15) is 24.2 Å². The molecule has 4 nitrogen and oxygen atoms in total. The van der Waals surface area contributed by atoms with Gasteiger partial charge in [0, 0.05) is 17.9 Å². The molecule has 0 aliphatic heterocycles. The van der Waals surface area contributed by atoms with Crippen molar-refractivity contribution in [2.45, 2.75) is 36.2 Å². The molecule has 0 amide bonds. The van der Waals surface area contributed by atoms with Gasteiger partial charge in [-0.05, 0) is 36.7 Å². The fourth-order valence-corrected chi connectivity index (χ4v) is 3.17. The number of benzene rings is 1. The predicted octanol–water partition coefficient (Wildman–Crippen LogP) is 3.41. The molecule has 3 rings (SSSR count). The Kier molecular flexibility index (Phi) is 3.86. The van der Waals surface area contributed by atoms with Crippen LogP contribution in [-0.2, 0) is 12.8 Å². The van der Waals surface area contributed by atoms with E-state index in [9.17, 15) is 5.11 Å². The van der Waals surface area contributed by atoms with Gasteiger partial charge in [-0.2, -0.15) is 0 Å². The van der Waals surface area contributed by atoms with E-state index in [1.807, 2.05) is 24.3 Å². The number of aromatic amines is 2. The number of alkyl halides is 1. The van der Waals surface area contributed by atoms with Gasteiger partial charge in [-0.25, -0.2) is 4.98 Å². The van der Waals surface area contributed by atoms with Gasteiger partial charge < -0.3 is 5.11 Å². The Bertz CT molecular complexity index is 710. The first-order valence-electron chi connectivity index (χ1n) is 6.70. The van der Waals surface area contributed by atoms with E-state index in [1.54, 1.807) is 0 Å². The van der Waals surface area contributed by atoms with Gasteiger partial charge in [-0.15, -0.1) is 11.6 Å².